The summed E-state index contributed by atoms with van der Waals surface area (Å²) in [7, 11) is -2.73. The molecule has 2 amide bonds. The molecule has 10 heteroatoms. The van der Waals surface area contributed by atoms with E-state index >= 15 is 0 Å². The van der Waals surface area contributed by atoms with Gasteiger partial charge in [0.2, 0.25) is 11.8 Å². The van der Waals surface area contributed by atoms with Crippen molar-refractivity contribution in [3.63, 3.8) is 0 Å². The Morgan fingerprint density at radius 1 is 1.02 bits per heavy atom. The van der Waals surface area contributed by atoms with Crippen LogP contribution in [0.2, 0.25) is 5.02 Å². The van der Waals surface area contributed by atoms with E-state index in [-0.39, 0.29) is 34.1 Å². The highest BCUT2D eigenvalue weighted by Gasteiger charge is 2.33. The second-order valence-corrected chi connectivity index (χ2v) is 13.0. The summed E-state index contributed by atoms with van der Waals surface area (Å²) < 4.78 is 34.3. The highest BCUT2D eigenvalue weighted by atomic mass is 35.5. The number of methoxy groups -OCH3 is 1. The summed E-state index contributed by atoms with van der Waals surface area (Å²) in [5.41, 5.74) is 2.93. The van der Waals surface area contributed by atoms with E-state index in [0.717, 1.165) is 46.7 Å². The van der Waals surface area contributed by atoms with E-state index in [4.69, 9.17) is 16.3 Å². The molecule has 1 aliphatic rings. The topological polar surface area (TPSA) is 96.0 Å². The molecule has 4 rings (SSSR count). The van der Waals surface area contributed by atoms with Crippen molar-refractivity contribution in [2.45, 2.75) is 70.0 Å². The van der Waals surface area contributed by atoms with Gasteiger partial charge < -0.3 is 15.0 Å². The summed E-state index contributed by atoms with van der Waals surface area (Å²) in [6.45, 7) is 5.10. The molecule has 3 aromatic carbocycles. The fourth-order valence-electron chi connectivity index (χ4n) is 5.12. The first-order valence-electron chi connectivity index (χ1n) is 14.1. The molecule has 1 saturated carbocycles. The fourth-order valence-corrected chi connectivity index (χ4v) is 6.78. The number of nitrogens with zero attached hydrogens (tertiary/aromatic N) is 2. The molecule has 0 radical (unpaired) electrons. The van der Waals surface area contributed by atoms with Crippen molar-refractivity contribution >= 4 is 39.1 Å². The number of carbonyl (C=O) groups excluding carboxylic acids is 2. The summed E-state index contributed by atoms with van der Waals surface area (Å²) in [4.78, 5) is 29.0. The monoisotopic (exact) mass is 611 g/mol. The summed E-state index contributed by atoms with van der Waals surface area (Å²) >= 11 is 6.39. The van der Waals surface area contributed by atoms with Gasteiger partial charge in [-0.1, -0.05) is 66.4 Å². The third-order valence-corrected chi connectivity index (χ3v) is 9.87. The molecule has 1 unspecified atom stereocenters. The minimum Gasteiger partial charge on any atom is -0.495 e. The molecule has 0 spiro atoms. The van der Waals surface area contributed by atoms with Crippen LogP contribution in [0.1, 0.15) is 49.3 Å². The van der Waals surface area contributed by atoms with Crippen LogP contribution in [0.25, 0.3) is 0 Å². The zero-order chi connectivity index (χ0) is 30.4. The van der Waals surface area contributed by atoms with Crippen molar-refractivity contribution in [2.24, 2.45) is 0 Å². The van der Waals surface area contributed by atoms with Crippen LogP contribution in [-0.4, -0.2) is 50.9 Å². The lowest BCUT2D eigenvalue weighted by Crippen LogP contribution is -2.52. The lowest BCUT2D eigenvalue weighted by molar-refractivity contribution is -0.139. The molecule has 0 heterocycles. The molecule has 1 atom stereocenters. The Labute approximate surface area is 253 Å². The highest BCUT2D eigenvalue weighted by molar-refractivity contribution is 7.92. The molecule has 42 heavy (non-hydrogen) atoms. The number of carbonyl (C=O) groups is 2. The van der Waals surface area contributed by atoms with E-state index in [1.54, 1.807) is 31.2 Å². The zero-order valence-corrected chi connectivity index (χ0v) is 26.0. The Kier molecular flexibility index (Phi) is 10.2. The number of aryl methyl sites for hydroxylation is 2. The van der Waals surface area contributed by atoms with Crippen molar-refractivity contribution in [2.75, 3.05) is 18.0 Å². The number of ether oxygens (including phenoxy) is 1. The number of amides is 2. The van der Waals surface area contributed by atoms with Crippen LogP contribution in [0.5, 0.6) is 5.75 Å². The molecule has 8 nitrogen and oxygen atoms in total. The molecule has 3 aromatic rings. The number of nitrogens with one attached hydrogen (secondary N) is 1. The van der Waals surface area contributed by atoms with Gasteiger partial charge in [-0.3, -0.25) is 13.9 Å². The minimum atomic E-state index is -4.20. The predicted octanol–water partition coefficient (Wildman–Crippen LogP) is 5.64. The van der Waals surface area contributed by atoms with Gasteiger partial charge in [-0.2, -0.15) is 0 Å². The van der Waals surface area contributed by atoms with Crippen LogP contribution < -0.4 is 14.4 Å². The van der Waals surface area contributed by atoms with Gasteiger partial charge in [0.1, 0.15) is 18.3 Å². The number of anilines is 1. The third kappa shape index (κ3) is 7.25. The number of hydrogen-bond acceptors (Lipinski definition) is 5. The number of hydrogen-bond donors (Lipinski definition) is 1. The Balaban J connectivity index is 1.72. The van der Waals surface area contributed by atoms with Crippen LogP contribution in [0.4, 0.5) is 5.69 Å². The molecule has 1 N–H and O–H groups in total. The maximum Gasteiger partial charge on any atom is 0.264 e. The molecular formula is C32H38ClN3O5S. The number of benzene rings is 3. The quantitative estimate of drug-likeness (QED) is 0.303. The van der Waals surface area contributed by atoms with E-state index in [2.05, 4.69) is 5.32 Å². The van der Waals surface area contributed by atoms with E-state index < -0.39 is 28.5 Å². The van der Waals surface area contributed by atoms with Crippen LogP contribution >= 0.6 is 11.6 Å². The van der Waals surface area contributed by atoms with Crippen molar-refractivity contribution in [3.8, 4) is 5.75 Å². The first-order valence-corrected chi connectivity index (χ1v) is 15.9. The minimum absolute atomic E-state index is 0.0327. The van der Waals surface area contributed by atoms with Gasteiger partial charge in [0, 0.05) is 12.6 Å². The molecule has 1 fully saturated rings. The zero-order valence-electron chi connectivity index (χ0n) is 24.5. The maximum atomic E-state index is 14.1. The Morgan fingerprint density at radius 2 is 1.69 bits per heavy atom. The smallest absolute Gasteiger partial charge is 0.264 e. The van der Waals surface area contributed by atoms with Gasteiger partial charge in [0.15, 0.2) is 0 Å². The largest absolute Gasteiger partial charge is 0.495 e. The lowest BCUT2D eigenvalue weighted by Gasteiger charge is -2.33. The Hall–Kier alpha value is -3.56. The SMILES string of the molecule is COc1ccc(N(CC(=O)N(Cc2ccccc2C)C(C)C(=O)NC2CCCC2)S(=O)(=O)c2ccc(C)cc2)cc1Cl. The summed E-state index contributed by atoms with van der Waals surface area (Å²) in [5.74, 6) is -0.406. The van der Waals surface area contributed by atoms with E-state index in [1.165, 1.54) is 30.2 Å². The average molecular weight is 612 g/mol. The molecule has 0 bridgehead atoms. The number of rotatable bonds is 11. The first-order chi connectivity index (χ1) is 20.0. The standard InChI is InChI=1S/C32H38ClN3O5S/c1-22-13-16-28(17-14-22)42(39,40)36(27-15-18-30(41-4)29(33)19-27)21-31(37)35(20-25-10-6-5-9-23(25)2)24(3)32(38)34-26-11-7-8-12-26/h5-6,9-10,13-19,24,26H,7-8,11-12,20-21H2,1-4H3,(H,34,38). The van der Waals surface area contributed by atoms with Gasteiger partial charge in [0.25, 0.3) is 10.0 Å². The first kappa shape index (κ1) is 31.4. The second-order valence-electron chi connectivity index (χ2n) is 10.8. The summed E-state index contributed by atoms with van der Waals surface area (Å²) in [5, 5.41) is 3.29. The summed E-state index contributed by atoms with van der Waals surface area (Å²) in [6, 6.07) is 17.9. The normalized spacial score (nSPS) is 14.3. The predicted molar refractivity (Wildman–Crippen MR) is 165 cm³/mol. The van der Waals surface area contributed by atoms with Gasteiger partial charge >= 0.3 is 0 Å². The number of halogens is 1. The second kappa shape index (κ2) is 13.6. The van der Waals surface area contributed by atoms with Gasteiger partial charge in [-0.15, -0.1) is 0 Å². The Morgan fingerprint density at radius 3 is 2.31 bits per heavy atom. The lowest BCUT2D eigenvalue weighted by atomic mass is 10.1. The summed E-state index contributed by atoms with van der Waals surface area (Å²) in [6.07, 6.45) is 3.93. The number of sulfonamides is 1. The van der Waals surface area contributed by atoms with Crippen LogP contribution in [0.15, 0.2) is 71.6 Å². The molecular weight excluding hydrogens is 574 g/mol. The van der Waals surface area contributed by atoms with Gasteiger partial charge in [-0.05, 0) is 75.1 Å². The fraction of sp³-hybridized carbons (Fsp3) is 0.375. The molecule has 0 saturated heterocycles. The van der Waals surface area contributed by atoms with Crippen molar-refractivity contribution < 1.29 is 22.7 Å². The Bertz CT molecular complexity index is 1520. The van der Waals surface area contributed by atoms with Gasteiger partial charge in [-0.25, -0.2) is 8.42 Å². The van der Waals surface area contributed by atoms with Crippen LogP contribution in [0.3, 0.4) is 0 Å². The van der Waals surface area contributed by atoms with Crippen molar-refractivity contribution in [1.29, 1.82) is 0 Å². The third-order valence-electron chi connectivity index (χ3n) is 7.78. The molecule has 224 valence electrons. The maximum absolute atomic E-state index is 14.1. The van der Waals surface area contributed by atoms with Crippen LogP contribution in [-0.2, 0) is 26.2 Å². The highest BCUT2D eigenvalue weighted by Crippen LogP contribution is 2.32. The molecule has 1 aliphatic carbocycles. The van der Waals surface area contributed by atoms with E-state index in [9.17, 15) is 18.0 Å². The molecule has 0 aromatic heterocycles. The van der Waals surface area contributed by atoms with Gasteiger partial charge in [0.05, 0.1) is 22.7 Å². The van der Waals surface area contributed by atoms with Crippen molar-refractivity contribution in [3.05, 3.63) is 88.4 Å². The van der Waals surface area contributed by atoms with Crippen LogP contribution in [0, 0.1) is 13.8 Å². The van der Waals surface area contributed by atoms with Crippen molar-refractivity contribution in [1.82, 2.24) is 10.2 Å². The van der Waals surface area contributed by atoms with E-state index in [1.807, 2.05) is 38.1 Å². The average Bonchev–Trinajstić information content (AvgIpc) is 3.48. The molecule has 0 aliphatic heterocycles. The van der Waals surface area contributed by atoms with E-state index in [0.29, 0.717) is 5.75 Å².